The van der Waals surface area contributed by atoms with E-state index in [1.54, 1.807) is 29.1 Å². The summed E-state index contributed by atoms with van der Waals surface area (Å²) < 4.78 is 30.6. The molecule has 1 aromatic carbocycles. The topological polar surface area (TPSA) is 69.0 Å². The van der Waals surface area contributed by atoms with Crippen LogP contribution in [0, 0.1) is 0 Å². The van der Waals surface area contributed by atoms with Gasteiger partial charge in [0.05, 0.1) is 17.1 Å². The van der Waals surface area contributed by atoms with Gasteiger partial charge in [-0.2, -0.15) is 13.9 Å². The molecule has 0 aliphatic heterocycles. The van der Waals surface area contributed by atoms with E-state index < -0.39 is 6.61 Å². The highest BCUT2D eigenvalue weighted by molar-refractivity contribution is 6.05. The lowest BCUT2D eigenvalue weighted by molar-refractivity contribution is -0.0498. The molecule has 0 aliphatic rings. The summed E-state index contributed by atoms with van der Waals surface area (Å²) >= 11 is 0. The first-order valence-electron chi connectivity index (χ1n) is 9.46. The Labute approximate surface area is 167 Å². The van der Waals surface area contributed by atoms with Crippen molar-refractivity contribution in [2.24, 2.45) is 0 Å². The molecule has 0 spiro atoms. The summed E-state index contributed by atoms with van der Waals surface area (Å²) in [7, 11) is 0. The van der Waals surface area contributed by atoms with Gasteiger partial charge in [-0.05, 0) is 43.5 Å². The maximum Gasteiger partial charge on any atom is 0.387 e. The Morgan fingerprint density at radius 3 is 2.45 bits per heavy atom. The number of hydrogen-bond donors (Lipinski definition) is 1. The number of rotatable bonds is 7. The molecular weight excluding hydrogens is 378 g/mol. The van der Waals surface area contributed by atoms with Gasteiger partial charge in [-0.3, -0.25) is 4.79 Å². The van der Waals surface area contributed by atoms with Crippen molar-refractivity contribution in [3.63, 3.8) is 0 Å². The molecule has 3 rings (SSSR count). The summed E-state index contributed by atoms with van der Waals surface area (Å²) in [5.74, 6) is -0.00653. The second kappa shape index (κ2) is 8.55. The second-order valence-corrected chi connectivity index (χ2v) is 7.37. The standard InChI is InChI=1S/C21H24F2N4O2/c1-12(2)18-9-16(17-11-25-27(13(3)4)19(17)26-18)20(28)24-10-14-5-7-15(8-6-14)29-21(22)23/h5-9,11-13,21H,10H2,1-4H3,(H,24,28). The molecule has 3 aromatic rings. The van der Waals surface area contributed by atoms with Crippen LogP contribution >= 0.6 is 0 Å². The molecule has 0 bridgehead atoms. The van der Waals surface area contributed by atoms with Crippen molar-refractivity contribution in [1.82, 2.24) is 20.1 Å². The molecule has 2 aromatic heterocycles. The monoisotopic (exact) mass is 402 g/mol. The summed E-state index contributed by atoms with van der Waals surface area (Å²) in [6.07, 6.45) is 1.66. The predicted molar refractivity (Wildman–Crippen MR) is 106 cm³/mol. The summed E-state index contributed by atoms with van der Waals surface area (Å²) in [6.45, 7) is 5.46. The fraction of sp³-hybridized carbons (Fsp3) is 0.381. The van der Waals surface area contributed by atoms with E-state index in [0.717, 1.165) is 11.3 Å². The van der Waals surface area contributed by atoms with Crippen molar-refractivity contribution < 1.29 is 18.3 Å². The number of hydrogen-bond acceptors (Lipinski definition) is 4. The molecule has 0 unspecified atom stereocenters. The molecule has 0 saturated heterocycles. The van der Waals surface area contributed by atoms with E-state index in [0.29, 0.717) is 16.6 Å². The molecular formula is C21H24F2N4O2. The molecule has 0 saturated carbocycles. The first-order chi connectivity index (χ1) is 13.8. The maximum absolute atomic E-state index is 12.9. The predicted octanol–water partition coefficient (Wildman–Crippen LogP) is 4.67. The van der Waals surface area contributed by atoms with E-state index in [-0.39, 0.29) is 30.2 Å². The molecule has 0 aliphatic carbocycles. The van der Waals surface area contributed by atoms with Gasteiger partial charge in [0.2, 0.25) is 0 Å². The zero-order chi connectivity index (χ0) is 21.1. The van der Waals surface area contributed by atoms with Gasteiger partial charge < -0.3 is 10.1 Å². The number of alkyl halides is 2. The van der Waals surface area contributed by atoms with Crippen LogP contribution in [0.1, 0.15) is 61.3 Å². The third-order valence-corrected chi connectivity index (χ3v) is 4.51. The first-order valence-corrected chi connectivity index (χ1v) is 9.46. The Kier molecular flexibility index (Phi) is 6.10. The van der Waals surface area contributed by atoms with E-state index in [1.165, 1.54) is 12.1 Å². The van der Waals surface area contributed by atoms with Gasteiger partial charge in [0.1, 0.15) is 5.75 Å². The molecule has 8 heteroatoms. The van der Waals surface area contributed by atoms with Gasteiger partial charge in [0.25, 0.3) is 5.91 Å². The van der Waals surface area contributed by atoms with Crippen molar-refractivity contribution in [2.75, 3.05) is 0 Å². The number of nitrogens with zero attached hydrogens (tertiary/aromatic N) is 3. The van der Waals surface area contributed by atoms with Gasteiger partial charge in [0.15, 0.2) is 5.65 Å². The Morgan fingerprint density at radius 2 is 1.86 bits per heavy atom. The molecule has 1 amide bonds. The normalized spacial score (nSPS) is 11.6. The zero-order valence-electron chi connectivity index (χ0n) is 16.8. The fourth-order valence-electron chi connectivity index (χ4n) is 2.97. The molecule has 29 heavy (non-hydrogen) atoms. The number of fused-ring (bicyclic) bond motifs is 1. The second-order valence-electron chi connectivity index (χ2n) is 7.37. The summed E-state index contributed by atoms with van der Waals surface area (Å²) in [5, 5.41) is 7.96. The molecule has 2 heterocycles. The number of halogens is 2. The molecule has 0 atom stereocenters. The van der Waals surface area contributed by atoms with Gasteiger partial charge in [-0.1, -0.05) is 26.0 Å². The third-order valence-electron chi connectivity index (χ3n) is 4.51. The van der Waals surface area contributed by atoms with Gasteiger partial charge in [-0.15, -0.1) is 0 Å². The van der Waals surface area contributed by atoms with E-state index in [4.69, 9.17) is 4.98 Å². The highest BCUT2D eigenvalue weighted by Gasteiger charge is 2.18. The van der Waals surface area contributed by atoms with E-state index in [1.807, 2.05) is 27.7 Å². The minimum absolute atomic E-state index is 0.0774. The molecule has 154 valence electrons. The summed E-state index contributed by atoms with van der Waals surface area (Å²) in [6, 6.07) is 8.08. The number of nitrogens with one attached hydrogen (secondary N) is 1. The molecule has 0 fully saturated rings. The van der Waals surface area contributed by atoms with E-state index in [2.05, 4.69) is 15.2 Å². The number of carbonyl (C=O) groups excluding carboxylic acids is 1. The van der Waals surface area contributed by atoms with Crippen molar-refractivity contribution >= 4 is 16.9 Å². The van der Waals surface area contributed by atoms with Crippen LogP contribution in [0.2, 0.25) is 0 Å². The lowest BCUT2D eigenvalue weighted by atomic mass is 10.0. The number of pyridine rings is 1. The van der Waals surface area contributed by atoms with Crippen molar-refractivity contribution in [3.8, 4) is 5.75 Å². The average molecular weight is 402 g/mol. The Hall–Kier alpha value is -3.03. The highest BCUT2D eigenvalue weighted by Crippen LogP contribution is 2.24. The van der Waals surface area contributed by atoms with Crippen LogP contribution < -0.4 is 10.1 Å². The van der Waals surface area contributed by atoms with Crippen LogP contribution in [0.3, 0.4) is 0 Å². The van der Waals surface area contributed by atoms with Crippen LogP contribution in [-0.4, -0.2) is 27.3 Å². The number of ether oxygens (including phenoxy) is 1. The highest BCUT2D eigenvalue weighted by atomic mass is 19.3. The Bertz CT molecular complexity index is 998. The van der Waals surface area contributed by atoms with Crippen molar-refractivity contribution in [3.05, 3.63) is 53.3 Å². The van der Waals surface area contributed by atoms with Crippen LogP contribution in [0.25, 0.3) is 11.0 Å². The number of aromatic nitrogens is 3. The molecule has 0 radical (unpaired) electrons. The smallest absolute Gasteiger partial charge is 0.387 e. The van der Waals surface area contributed by atoms with Crippen LogP contribution in [-0.2, 0) is 6.54 Å². The summed E-state index contributed by atoms with van der Waals surface area (Å²) in [5.41, 5.74) is 2.79. The van der Waals surface area contributed by atoms with Crippen LogP contribution in [0.4, 0.5) is 8.78 Å². The van der Waals surface area contributed by atoms with Crippen molar-refractivity contribution in [1.29, 1.82) is 0 Å². The number of amides is 1. The lowest BCUT2D eigenvalue weighted by Gasteiger charge is -2.12. The summed E-state index contributed by atoms with van der Waals surface area (Å²) in [4.78, 5) is 17.6. The largest absolute Gasteiger partial charge is 0.435 e. The van der Waals surface area contributed by atoms with Gasteiger partial charge in [-0.25, -0.2) is 9.67 Å². The molecule has 6 nitrogen and oxygen atoms in total. The van der Waals surface area contributed by atoms with Crippen LogP contribution in [0.15, 0.2) is 36.5 Å². The van der Waals surface area contributed by atoms with Gasteiger partial charge in [0, 0.05) is 18.3 Å². The van der Waals surface area contributed by atoms with E-state index in [9.17, 15) is 13.6 Å². The first kappa shape index (κ1) is 20.7. The fourth-order valence-corrected chi connectivity index (χ4v) is 2.97. The SMILES string of the molecule is CC(C)c1cc(C(=O)NCc2ccc(OC(F)F)cc2)c2cnn(C(C)C)c2n1. The number of benzene rings is 1. The van der Waals surface area contributed by atoms with E-state index >= 15 is 0 Å². The molecule has 1 N–H and O–H groups in total. The Balaban J connectivity index is 1.83. The average Bonchev–Trinajstić information content (AvgIpc) is 3.10. The lowest BCUT2D eigenvalue weighted by Crippen LogP contribution is -2.23. The van der Waals surface area contributed by atoms with Crippen LogP contribution in [0.5, 0.6) is 5.75 Å². The minimum Gasteiger partial charge on any atom is -0.435 e. The van der Waals surface area contributed by atoms with Crippen molar-refractivity contribution in [2.45, 2.75) is 52.8 Å². The maximum atomic E-state index is 12.9. The third kappa shape index (κ3) is 4.70. The Morgan fingerprint density at radius 1 is 1.17 bits per heavy atom. The number of carbonyl (C=O) groups is 1. The quantitative estimate of drug-likeness (QED) is 0.624. The minimum atomic E-state index is -2.86. The zero-order valence-corrected chi connectivity index (χ0v) is 16.8. The van der Waals surface area contributed by atoms with Gasteiger partial charge >= 0.3 is 6.61 Å².